The molecule has 0 aliphatic rings. The molecule has 0 fully saturated rings. The number of carbonyl (C=O) groups is 1. The Morgan fingerprint density at radius 3 is 2.86 bits per heavy atom. The van der Waals surface area contributed by atoms with Crippen LogP contribution in [0.25, 0.3) is 11.1 Å². The number of hydrogen-bond acceptors (Lipinski definition) is 2. The third-order valence-corrected chi connectivity index (χ3v) is 2.78. The quantitative estimate of drug-likeness (QED) is 0.699. The summed E-state index contributed by atoms with van der Waals surface area (Å²) < 4.78 is 0. The van der Waals surface area contributed by atoms with Crippen LogP contribution in [-0.4, -0.2) is 6.29 Å². The van der Waals surface area contributed by atoms with Crippen LogP contribution in [0.5, 0.6) is 0 Å². The van der Waals surface area contributed by atoms with Gasteiger partial charge >= 0.3 is 0 Å². The molecule has 1 nitrogen and oxygen atoms in total. The van der Waals surface area contributed by atoms with E-state index in [-0.39, 0.29) is 0 Å². The van der Waals surface area contributed by atoms with Crippen LogP contribution in [0.3, 0.4) is 0 Å². The predicted octanol–water partition coefficient (Wildman–Crippen LogP) is 3.16. The maximum absolute atomic E-state index is 10.4. The summed E-state index contributed by atoms with van der Waals surface area (Å²) in [6.07, 6.45) is 1.44. The van der Waals surface area contributed by atoms with Gasteiger partial charge in [-0.1, -0.05) is 24.3 Å². The largest absolute Gasteiger partial charge is 0.303 e. The van der Waals surface area contributed by atoms with Crippen molar-refractivity contribution in [3.8, 4) is 11.1 Å². The van der Waals surface area contributed by atoms with Crippen LogP contribution in [0, 0.1) is 0 Å². The summed E-state index contributed by atoms with van der Waals surface area (Å²) in [5.74, 6) is 0. The second-order valence-corrected chi connectivity index (χ2v) is 3.86. The van der Waals surface area contributed by atoms with Crippen LogP contribution < -0.4 is 0 Å². The molecule has 0 radical (unpaired) electrons. The number of hydrogen-bond donors (Lipinski definition) is 0. The lowest BCUT2D eigenvalue weighted by molar-refractivity contribution is -0.107. The first-order valence-electron chi connectivity index (χ1n) is 4.45. The maximum Gasteiger partial charge on any atom is 0.124 e. The Labute approximate surface area is 87.0 Å². The monoisotopic (exact) mass is 202 g/mol. The van der Waals surface area contributed by atoms with Crippen LogP contribution >= 0.6 is 11.3 Å². The Balaban J connectivity index is 2.35. The van der Waals surface area contributed by atoms with Gasteiger partial charge in [0.15, 0.2) is 0 Å². The van der Waals surface area contributed by atoms with Crippen molar-refractivity contribution in [1.82, 2.24) is 0 Å². The highest BCUT2D eigenvalue weighted by atomic mass is 32.1. The van der Waals surface area contributed by atoms with Gasteiger partial charge in [0.1, 0.15) is 6.29 Å². The zero-order valence-electron chi connectivity index (χ0n) is 7.64. The Kier molecular flexibility index (Phi) is 2.75. The van der Waals surface area contributed by atoms with E-state index in [9.17, 15) is 4.79 Å². The molecule has 0 spiro atoms. The molecular formula is C12H10OS. The fourth-order valence-electron chi connectivity index (χ4n) is 1.40. The van der Waals surface area contributed by atoms with Gasteiger partial charge in [-0.3, -0.25) is 0 Å². The van der Waals surface area contributed by atoms with Crippen LogP contribution in [0.15, 0.2) is 41.1 Å². The highest BCUT2D eigenvalue weighted by Gasteiger charge is 1.98. The highest BCUT2D eigenvalue weighted by Crippen LogP contribution is 2.22. The summed E-state index contributed by atoms with van der Waals surface area (Å²) in [6.45, 7) is 0. The average Bonchev–Trinajstić information content (AvgIpc) is 2.71. The molecule has 0 saturated heterocycles. The molecule has 0 bridgehead atoms. The topological polar surface area (TPSA) is 17.1 Å². The molecule has 14 heavy (non-hydrogen) atoms. The van der Waals surface area contributed by atoms with E-state index in [1.807, 2.05) is 12.1 Å². The summed E-state index contributed by atoms with van der Waals surface area (Å²) in [5, 5.41) is 4.17. The van der Waals surface area contributed by atoms with E-state index in [4.69, 9.17) is 0 Å². The molecule has 1 heterocycles. The minimum absolute atomic E-state index is 0.498. The molecule has 1 aromatic carbocycles. The van der Waals surface area contributed by atoms with E-state index in [2.05, 4.69) is 29.0 Å². The van der Waals surface area contributed by atoms with Crippen molar-refractivity contribution in [1.29, 1.82) is 0 Å². The van der Waals surface area contributed by atoms with E-state index in [0.29, 0.717) is 6.42 Å². The number of rotatable bonds is 3. The van der Waals surface area contributed by atoms with Gasteiger partial charge < -0.3 is 4.79 Å². The van der Waals surface area contributed by atoms with Gasteiger partial charge in [0.25, 0.3) is 0 Å². The molecule has 0 aliphatic heterocycles. The zero-order valence-corrected chi connectivity index (χ0v) is 8.46. The molecular weight excluding hydrogens is 192 g/mol. The number of benzene rings is 1. The fourth-order valence-corrected chi connectivity index (χ4v) is 2.07. The summed E-state index contributed by atoms with van der Waals surface area (Å²) in [4.78, 5) is 10.4. The van der Waals surface area contributed by atoms with Gasteiger partial charge in [0.2, 0.25) is 0 Å². The second kappa shape index (κ2) is 4.20. The first kappa shape index (κ1) is 9.16. The van der Waals surface area contributed by atoms with Crippen LogP contribution in [0.2, 0.25) is 0 Å². The van der Waals surface area contributed by atoms with Crippen molar-refractivity contribution in [2.75, 3.05) is 0 Å². The molecule has 0 aliphatic carbocycles. The van der Waals surface area contributed by atoms with E-state index < -0.39 is 0 Å². The summed E-state index contributed by atoms with van der Waals surface area (Å²) in [7, 11) is 0. The normalized spacial score (nSPS) is 10.0. The predicted molar refractivity (Wildman–Crippen MR) is 59.5 cm³/mol. The lowest BCUT2D eigenvalue weighted by Gasteiger charge is -2.00. The molecule has 2 aromatic rings. The lowest BCUT2D eigenvalue weighted by atomic mass is 10.0. The maximum atomic E-state index is 10.4. The third kappa shape index (κ3) is 1.91. The Morgan fingerprint density at radius 1 is 1.21 bits per heavy atom. The number of carbonyl (C=O) groups excluding carboxylic acids is 1. The fraction of sp³-hybridized carbons (Fsp3) is 0.0833. The summed E-state index contributed by atoms with van der Waals surface area (Å²) in [6, 6.07) is 10.2. The second-order valence-electron chi connectivity index (χ2n) is 3.08. The molecule has 2 rings (SSSR count). The molecule has 0 N–H and O–H groups in total. The van der Waals surface area contributed by atoms with Gasteiger partial charge in [0, 0.05) is 6.42 Å². The first-order chi connectivity index (χ1) is 6.90. The van der Waals surface area contributed by atoms with Crippen molar-refractivity contribution in [2.24, 2.45) is 0 Å². The van der Waals surface area contributed by atoms with E-state index >= 15 is 0 Å². The minimum atomic E-state index is 0.498. The molecule has 0 amide bonds. The standard InChI is InChI=1S/C12H10OS/c13-6-4-10-2-1-3-11(8-10)12-5-7-14-9-12/h1-3,5-9H,4H2. The van der Waals surface area contributed by atoms with Crippen LogP contribution in [-0.2, 0) is 11.2 Å². The summed E-state index contributed by atoms with van der Waals surface area (Å²) >= 11 is 1.68. The first-order valence-corrected chi connectivity index (χ1v) is 5.39. The Morgan fingerprint density at radius 2 is 2.14 bits per heavy atom. The van der Waals surface area contributed by atoms with Gasteiger partial charge in [0.05, 0.1) is 0 Å². The van der Waals surface area contributed by atoms with Crippen LogP contribution in [0.4, 0.5) is 0 Å². The molecule has 70 valence electrons. The average molecular weight is 202 g/mol. The van der Waals surface area contributed by atoms with Crippen molar-refractivity contribution < 1.29 is 4.79 Å². The minimum Gasteiger partial charge on any atom is -0.303 e. The lowest BCUT2D eigenvalue weighted by Crippen LogP contribution is -1.85. The van der Waals surface area contributed by atoms with E-state index in [1.54, 1.807) is 11.3 Å². The highest BCUT2D eigenvalue weighted by molar-refractivity contribution is 7.08. The number of aldehydes is 1. The van der Waals surface area contributed by atoms with Gasteiger partial charge in [-0.15, -0.1) is 0 Å². The van der Waals surface area contributed by atoms with Crippen molar-refractivity contribution in [2.45, 2.75) is 6.42 Å². The van der Waals surface area contributed by atoms with Gasteiger partial charge in [-0.2, -0.15) is 11.3 Å². The molecule has 2 heteroatoms. The molecule has 0 saturated carbocycles. The van der Waals surface area contributed by atoms with Crippen molar-refractivity contribution in [3.63, 3.8) is 0 Å². The Hall–Kier alpha value is -1.41. The zero-order chi connectivity index (χ0) is 9.80. The van der Waals surface area contributed by atoms with E-state index in [0.717, 1.165) is 11.8 Å². The molecule has 0 atom stereocenters. The van der Waals surface area contributed by atoms with Crippen molar-refractivity contribution in [3.05, 3.63) is 46.7 Å². The molecule has 0 unspecified atom stereocenters. The van der Waals surface area contributed by atoms with Gasteiger partial charge in [-0.05, 0) is 33.5 Å². The summed E-state index contributed by atoms with van der Waals surface area (Å²) in [5.41, 5.74) is 3.48. The third-order valence-electron chi connectivity index (χ3n) is 2.10. The smallest absolute Gasteiger partial charge is 0.124 e. The van der Waals surface area contributed by atoms with Crippen molar-refractivity contribution >= 4 is 17.6 Å². The molecule has 1 aromatic heterocycles. The Bertz CT molecular complexity index is 418. The number of thiophene rings is 1. The van der Waals surface area contributed by atoms with Crippen LogP contribution in [0.1, 0.15) is 5.56 Å². The SMILES string of the molecule is O=CCc1cccc(-c2ccsc2)c1. The van der Waals surface area contributed by atoms with E-state index in [1.165, 1.54) is 11.1 Å². The van der Waals surface area contributed by atoms with Gasteiger partial charge in [-0.25, -0.2) is 0 Å².